The van der Waals surface area contributed by atoms with Gasteiger partial charge in [0.15, 0.2) is 0 Å². The summed E-state index contributed by atoms with van der Waals surface area (Å²) < 4.78 is 7.07. The third-order valence-electron chi connectivity index (χ3n) is 1.94. The summed E-state index contributed by atoms with van der Waals surface area (Å²) in [6.07, 6.45) is 1.72. The summed E-state index contributed by atoms with van der Waals surface area (Å²) in [5.41, 5.74) is 0. The van der Waals surface area contributed by atoms with Gasteiger partial charge in [-0.2, -0.15) is 0 Å². The summed E-state index contributed by atoms with van der Waals surface area (Å²) in [6.45, 7) is 3.27. The maximum atomic E-state index is 5.94. The molecule has 1 N–H and O–H groups in total. The zero-order valence-corrected chi connectivity index (χ0v) is 11.7. The minimum atomic E-state index is 0.626. The van der Waals surface area contributed by atoms with E-state index in [1.165, 1.54) is 4.88 Å². The molecule has 2 aromatic heterocycles. The highest BCUT2D eigenvalue weighted by Gasteiger charge is 2.05. The first-order valence-corrected chi connectivity index (χ1v) is 6.69. The fraction of sp³-hybridized carbons (Fsp3) is 0.300. The van der Waals surface area contributed by atoms with Crippen molar-refractivity contribution in [1.82, 2.24) is 10.3 Å². The highest BCUT2D eigenvalue weighted by atomic mass is 79.9. The predicted octanol–water partition coefficient (Wildman–Crippen LogP) is 3.75. The minimum Gasteiger partial charge on any atom is -0.445 e. The molecule has 0 radical (unpaired) electrons. The standard InChI is InChI=1S/C10H10BrClN2OS/c1-6-3-14-9(15-6)5-13-4-7-2-8(11)10(12)16-7/h2-3,13H,4-5H2,1H3. The van der Waals surface area contributed by atoms with E-state index in [4.69, 9.17) is 16.0 Å². The van der Waals surface area contributed by atoms with Crippen molar-refractivity contribution < 1.29 is 4.42 Å². The van der Waals surface area contributed by atoms with Gasteiger partial charge in [0.25, 0.3) is 0 Å². The van der Waals surface area contributed by atoms with Gasteiger partial charge in [-0.25, -0.2) is 4.98 Å². The molecule has 6 heteroatoms. The average Bonchev–Trinajstić information content (AvgIpc) is 2.75. The van der Waals surface area contributed by atoms with Gasteiger partial charge in [-0.3, -0.25) is 0 Å². The molecule has 2 aromatic rings. The van der Waals surface area contributed by atoms with E-state index in [9.17, 15) is 0 Å². The molecule has 0 fully saturated rings. The van der Waals surface area contributed by atoms with E-state index in [2.05, 4.69) is 26.2 Å². The number of aryl methyl sites for hydroxylation is 1. The number of oxazole rings is 1. The molecular formula is C10H10BrClN2OS. The van der Waals surface area contributed by atoms with Crippen LogP contribution in [0, 0.1) is 6.92 Å². The Labute approximate surface area is 111 Å². The van der Waals surface area contributed by atoms with Crippen LogP contribution in [0.1, 0.15) is 16.5 Å². The third-order valence-corrected chi connectivity index (χ3v) is 4.42. The lowest BCUT2D eigenvalue weighted by atomic mass is 10.4. The van der Waals surface area contributed by atoms with E-state index >= 15 is 0 Å². The third kappa shape index (κ3) is 3.07. The van der Waals surface area contributed by atoms with Gasteiger partial charge in [0.05, 0.1) is 12.7 Å². The SMILES string of the molecule is Cc1cnc(CNCc2cc(Br)c(Cl)s2)o1. The molecular weight excluding hydrogens is 312 g/mol. The van der Waals surface area contributed by atoms with E-state index in [-0.39, 0.29) is 0 Å². The van der Waals surface area contributed by atoms with E-state index in [0.29, 0.717) is 12.4 Å². The average molecular weight is 322 g/mol. The minimum absolute atomic E-state index is 0.626. The first-order valence-electron chi connectivity index (χ1n) is 4.71. The van der Waals surface area contributed by atoms with Crippen LogP contribution in [0.4, 0.5) is 0 Å². The largest absolute Gasteiger partial charge is 0.445 e. The molecule has 2 heterocycles. The van der Waals surface area contributed by atoms with Gasteiger partial charge < -0.3 is 9.73 Å². The molecule has 16 heavy (non-hydrogen) atoms. The van der Waals surface area contributed by atoms with E-state index < -0.39 is 0 Å². The van der Waals surface area contributed by atoms with Crippen molar-refractivity contribution in [3.63, 3.8) is 0 Å². The fourth-order valence-corrected chi connectivity index (χ4v) is 3.01. The highest BCUT2D eigenvalue weighted by molar-refractivity contribution is 9.10. The van der Waals surface area contributed by atoms with Crippen molar-refractivity contribution >= 4 is 38.9 Å². The van der Waals surface area contributed by atoms with Crippen LogP contribution in [-0.2, 0) is 13.1 Å². The van der Waals surface area contributed by atoms with Crippen LogP contribution in [0.25, 0.3) is 0 Å². The van der Waals surface area contributed by atoms with Gasteiger partial charge in [-0.05, 0) is 28.9 Å². The first-order chi connectivity index (χ1) is 7.65. The Morgan fingerprint density at radius 2 is 2.38 bits per heavy atom. The molecule has 0 amide bonds. The first kappa shape index (κ1) is 12.1. The van der Waals surface area contributed by atoms with Crippen LogP contribution in [0.2, 0.25) is 4.34 Å². The molecule has 0 bridgehead atoms. The van der Waals surface area contributed by atoms with Crippen molar-refractivity contribution in [2.45, 2.75) is 20.0 Å². The van der Waals surface area contributed by atoms with Crippen LogP contribution in [0.15, 0.2) is 21.2 Å². The number of aromatic nitrogens is 1. The number of hydrogen-bond donors (Lipinski definition) is 1. The zero-order valence-electron chi connectivity index (χ0n) is 8.59. The lowest BCUT2D eigenvalue weighted by Crippen LogP contribution is -2.11. The molecule has 0 saturated carbocycles. The molecule has 0 spiro atoms. The maximum Gasteiger partial charge on any atom is 0.208 e. The Hall–Kier alpha value is -0.360. The van der Waals surface area contributed by atoms with Gasteiger partial charge in [0.1, 0.15) is 10.1 Å². The molecule has 0 aliphatic carbocycles. The Morgan fingerprint density at radius 1 is 1.56 bits per heavy atom. The molecule has 0 aliphatic heterocycles. The van der Waals surface area contributed by atoms with Crippen LogP contribution in [0.5, 0.6) is 0 Å². The van der Waals surface area contributed by atoms with E-state index in [0.717, 1.165) is 21.1 Å². The number of nitrogens with one attached hydrogen (secondary N) is 1. The fourth-order valence-electron chi connectivity index (χ4n) is 1.25. The van der Waals surface area contributed by atoms with Crippen LogP contribution >= 0.6 is 38.9 Å². The summed E-state index contributed by atoms with van der Waals surface area (Å²) in [5.74, 6) is 1.54. The molecule has 0 aliphatic rings. The lowest BCUT2D eigenvalue weighted by Gasteiger charge is -1.98. The monoisotopic (exact) mass is 320 g/mol. The van der Waals surface area contributed by atoms with Crippen LogP contribution < -0.4 is 5.32 Å². The van der Waals surface area contributed by atoms with Gasteiger partial charge in [0, 0.05) is 15.9 Å². The van der Waals surface area contributed by atoms with Gasteiger partial charge >= 0.3 is 0 Å². The maximum absolute atomic E-state index is 5.94. The Morgan fingerprint density at radius 3 is 2.94 bits per heavy atom. The number of nitrogens with zero attached hydrogens (tertiary/aromatic N) is 1. The second-order valence-corrected chi connectivity index (χ2v) is 5.90. The summed E-state index contributed by atoms with van der Waals surface area (Å²) >= 11 is 10.9. The topological polar surface area (TPSA) is 38.1 Å². The number of rotatable bonds is 4. The van der Waals surface area contributed by atoms with Gasteiger partial charge in [0.2, 0.25) is 5.89 Å². The normalized spacial score (nSPS) is 10.9. The second-order valence-electron chi connectivity index (χ2n) is 3.30. The summed E-state index contributed by atoms with van der Waals surface area (Å²) in [7, 11) is 0. The number of hydrogen-bond acceptors (Lipinski definition) is 4. The van der Waals surface area contributed by atoms with Gasteiger partial charge in [-0.1, -0.05) is 11.6 Å². The van der Waals surface area contributed by atoms with Crippen LogP contribution in [0.3, 0.4) is 0 Å². The van der Waals surface area contributed by atoms with Crippen LogP contribution in [-0.4, -0.2) is 4.98 Å². The quantitative estimate of drug-likeness (QED) is 0.932. The van der Waals surface area contributed by atoms with E-state index in [1.54, 1.807) is 17.5 Å². The van der Waals surface area contributed by atoms with Crippen molar-refractivity contribution in [2.24, 2.45) is 0 Å². The van der Waals surface area contributed by atoms with Crippen molar-refractivity contribution in [1.29, 1.82) is 0 Å². The van der Waals surface area contributed by atoms with Crippen molar-refractivity contribution in [2.75, 3.05) is 0 Å². The zero-order chi connectivity index (χ0) is 11.5. The van der Waals surface area contributed by atoms with Gasteiger partial charge in [-0.15, -0.1) is 11.3 Å². The molecule has 0 unspecified atom stereocenters. The Bertz CT molecular complexity index is 463. The predicted molar refractivity (Wildman–Crippen MR) is 68.8 cm³/mol. The second kappa shape index (κ2) is 5.31. The Balaban J connectivity index is 1.84. The molecule has 0 saturated heterocycles. The number of thiophene rings is 1. The number of halogens is 2. The molecule has 3 nitrogen and oxygen atoms in total. The Kier molecular flexibility index (Phi) is 4.02. The molecule has 2 rings (SSSR count). The lowest BCUT2D eigenvalue weighted by molar-refractivity contribution is 0.449. The van der Waals surface area contributed by atoms with Crippen molar-refractivity contribution in [3.8, 4) is 0 Å². The summed E-state index contributed by atoms with van der Waals surface area (Å²) in [6, 6.07) is 2.01. The summed E-state index contributed by atoms with van der Waals surface area (Å²) in [5, 5.41) is 3.25. The smallest absolute Gasteiger partial charge is 0.208 e. The molecule has 0 atom stereocenters. The molecule has 86 valence electrons. The molecule has 0 aromatic carbocycles. The highest BCUT2D eigenvalue weighted by Crippen LogP contribution is 2.31. The van der Waals surface area contributed by atoms with Crippen molar-refractivity contribution in [3.05, 3.63) is 37.6 Å². The summed E-state index contributed by atoms with van der Waals surface area (Å²) in [4.78, 5) is 5.29. The van der Waals surface area contributed by atoms with E-state index in [1.807, 2.05) is 13.0 Å².